The Hall–Kier alpha value is -2.49. The van der Waals surface area contributed by atoms with Gasteiger partial charge >= 0.3 is 0 Å². The third kappa shape index (κ3) is 6.02. The maximum atomic E-state index is 13.0. The molecule has 1 aromatic carbocycles. The van der Waals surface area contributed by atoms with Gasteiger partial charge in [0.2, 0.25) is 5.91 Å². The van der Waals surface area contributed by atoms with Crippen LogP contribution in [0, 0.1) is 5.92 Å². The number of fused-ring (bicyclic) bond motifs is 1. The first-order chi connectivity index (χ1) is 17.0. The lowest BCUT2D eigenvalue weighted by atomic mass is 9.96. The molecule has 2 saturated heterocycles. The molecule has 4 rings (SSSR count). The Morgan fingerprint density at radius 2 is 1.89 bits per heavy atom. The van der Waals surface area contributed by atoms with Crippen LogP contribution >= 0.6 is 0 Å². The molecule has 0 aliphatic carbocycles. The summed E-state index contributed by atoms with van der Waals surface area (Å²) >= 11 is 0. The summed E-state index contributed by atoms with van der Waals surface area (Å²) in [6, 6.07) is 5.41. The first-order valence-corrected chi connectivity index (χ1v) is 13.0. The van der Waals surface area contributed by atoms with Crippen molar-refractivity contribution in [2.45, 2.75) is 38.3 Å². The maximum Gasteiger partial charge on any atom is 0.255 e. The van der Waals surface area contributed by atoms with Crippen LogP contribution in [-0.4, -0.2) is 105 Å². The van der Waals surface area contributed by atoms with Gasteiger partial charge in [0.05, 0.1) is 0 Å². The maximum absolute atomic E-state index is 13.0. The molecule has 0 aromatic heterocycles. The molecule has 0 radical (unpaired) electrons. The number of nitrogens with two attached hydrogens (primary N) is 1. The van der Waals surface area contributed by atoms with E-state index < -0.39 is 6.04 Å². The highest BCUT2D eigenvalue weighted by molar-refractivity contribution is 6.01. The van der Waals surface area contributed by atoms with Crippen molar-refractivity contribution < 1.29 is 14.4 Å². The van der Waals surface area contributed by atoms with Crippen LogP contribution in [0.4, 0.5) is 5.69 Å². The van der Waals surface area contributed by atoms with Gasteiger partial charge in [-0.05, 0) is 62.0 Å². The molecular weight excluding hydrogens is 444 g/mol. The van der Waals surface area contributed by atoms with Crippen molar-refractivity contribution in [2.75, 3.05) is 70.9 Å². The molecule has 0 bridgehead atoms. The molecule has 0 spiro atoms. The predicted molar refractivity (Wildman–Crippen MR) is 136 cm³/mol. The molecule has 3 aliphatic heterocycles. The van der Waals surface area contributed by atoms with E-state index in [1.807, 2.05) is 12.1 Å². The number of nitrogens with zero attached hydrogens (tertiary/aromatic N) is 4. The molecule has 3 heterocycles. The second-order valence-corrected chi connectivity index (χ2v) is 10.0. The average molecular weight is 485 g/mol. The molecule has 9 heteroatoms. The Balaban J connectivity index is 1.32. The number of carbonyl (C=O) groups excluding carboxylic acids is 3. The standard InChI is InChI=1S/C26H40N6O3/c1-28-25(34)24(3-2-16-33)32-19-21-17-22(4-5-23(21)26(32)35)31-14-12-30(13-15-31)18-20-6-9-29(10-7-20)11-8-27/h4-5,16-17,20,24H,2-3,6-15,18-19,27H2,1H3,(H,28,34). The number of nitrogens with one attached hydrogen (secondary N) is 1. The molecule has 1 unspecified atom stereocenters. The fraction of sp³-hybridized carbons (Fsp3) is 0.654. The van der Waals surface area contributed by atoms with Crippen LogP contribution in [0.2, 0.25) is 0 Å². The molecule has 1 atom stereocenters. The summed E-state index contributed by atoms with van der Waals surface area (Å²) in [5.41, 5.74) is 8.45. The van der Waals surface area contributed by atoms with Crippen LogP contribution in [0.3, 0.4) is 0 Å². The minimum atomic E-state index is -0.626. The van der Waals surface area contributed by atoms with E-state index in [2.05, 4.69) is 26.1 Å². The topological polar surface area (TPSA) is 102 Å². The highest BCUT2D eigenvalue weighted by atomic mass is 16.2. The van der Waals surface area contributed by atoms with Crippen molar-refractivity contribution in [1.29, 1.82) is 0 Å². The first-order valence-electron chi connectivity index (χ1n) is 13.0. The zero-order valence-electron chi connectivity index (χ0n) is 21.0. The number of anilines is 1. The van der Waals surface area contributed by atoms with E-state index in [-0.39, 0.29) is 18.2 Å². The Labute approximate surface area is 208 Å². The van der Waals surface area contributed by atoms with Gasteiger partial charge in [0.15, 0.2) is 0 Å². The number of piperidine rings is 1. The minimum absolute atomic E-state index is 0.131. The Kier molecular flexibility index (Phi) is 8.75. The van der Waals surface area contributed by atoms with Gasteiger partial charge in [0, 0.05) is 77.1 Å². The van der Waals surface area contributed by atoms with Gasteiger partial charge in [-0.15, -0.1) is 0 Å². The summed E-state index contributed by atoms with van der Waals surface area (Å²) in [5, 5.41) is 2.63. The number of carbonyl (C=O) groups is 3. The third-order valence-electron chi connectivity index (χ3n) is 7.81. The molecule has 3 aliphatic rings. The number of piperazine rings is 1. The van der Waals surface area contributed by atoms with Gasteiger partial charge in [-0.25, -0.2) is 0 Å². The molecule has 2 amide bonds. The van der Waals surface area contributed by atoms with E-state index >= 15 is 0 Å². The minimum Gasteiger partial charge on any atom is -0.369 e. The van der Waals surface area contributed by atoms with E-state index in [0.29, 0.717) is 18.5 Å². The van der Waals surface area contributed by atoms with E-state index in [1.54, 1.807) is 11.9 Å². The molecule has 0 saturated carbocycles. The van der Waals surface area contributed by atoms with Crippen LogP contribution in [0.1, 0.15) is 41.6 Å². The molecule has 2 fully saturated rings. The Bertz CT molecular complexity index is 893. The fourth-order valence-corrected chi connectivity index (χ4v) is 5.73. The van der Waals surface area contributed by atoms with Crippen LogP contribution in [-0.2, 0) is 16.1 Å². The molecular formula is C26H40N6O3. The number of hydrogen-bond donors (Lipinski definition) is 2. The normalized spacial score (nSPS) is 20.7. The lowest BCUT2D eigenvalue weighted by molar-refractivity contribution is -0.125. The van der Waals surface area contributed by atoms with Gasteiger partial charge in [-0.3, -0.25) is 14.5 Å². The third-order valence-corrected chi connectivity index (χ3v) is 7.81. The summed E-state index contributed by atoms with van der Waals surface area (Å²) in [6.45, 7) is 9.74. The highest BCUT2D eigenvalue weighted by Gasteiger charge is 2.36. The van der Waals surface area contributed by atoms with Crippen molar-refractivity contribution in [3.8, 4) is 0 Å². The quantitative estimate of drug-likeness (QED) is 0.467. The van der Waals surface area contributed by atoms with Crippen molar-refractivity contribution in [3.05, 3.63) is 29.3 Å². The zero-order chi connectivity index (χ0) is 24.8. The zero-order valence-corrected chi connectivity index (χ0v) is 21.0. The highest BCUT2D eigenvalue weighted by Crippen LogP contribution is 2.30. The van der Waals surface area contributed by atoms with Crippen LogP contribution in [0.5, 0.6) is 0 Å². The monoisotopic (exact) mass is 484 g/mol. The van der Waals surface area contributed by atoms with E-state index in [4.69, 9.17) is 5.73 Å². The van der Waals surface area contributed by atoms with Crippen LogP contribution in [0.15, 0.2) is 18.2 Å². The second kappa shape index (κ2) is 12.0. The second-order valence-electron chi connectivity index (χ2n) is 10.0. The van der Waals surface area contributed by atoms with Crippen molar-refractivity contribution >= 4 is 23.8 Å². The summed E-state index contributed by atoms with van der Waals surface area (Å²) in [4.78, 5) is 45.4. The summed E-state index contributed by atoms with van der Waals surface area (Å²) in [5.74, 6) is 0.419. The van der Waals surface area contributed by atoms with Crippen molar-refractivity contribution in [1.82, 2.24) is 20.0 Å². The van der Waals surface area contributed by atoms with Gasteiger partial charge in [0.25, 0.3) is 5.91 Å². The Morgan fingerprint density at radius 1 is 1.14 bits per heavy atom. The SMILES string of the molecule is CNC(=O)C(CCC=O)N1Cc2cc(N3CCN(CC4CCN(CCN)CC4)CC3)ccc2C1=O. The van der Waals surface area contributed by atoms with Gasteiger partial charge in [-0.1, -0.05) is 0 Å². The molecule has 1 aromatic rings. The number of hydrogen-bond acceptors (Lipinski definition) is 7. The van der Waals surface area contributed by atoms with E-state index in [0.717, 1.165) is 62.7 Å². The summed E-state index contributed by atoms with van der Waals surface area (Å²) in [6.07, 6.45) is 3.91. The number of rotatable bonds is 10. The van der Waals surface area contributed by atoms with E-state index in [1.165, 1.54) is 32.5 Å². The smallest absolute Gasteiger partial charge is 0.255 e. The van der Waals surface area contributed by atoms with Gasteiger partial charge in [-0.2, -0.15) is 0 Å². The van der Waals surface area contributed by atoms with Gasteiger partial charge in [0.1, 0.15) is 12.3 Å². The van der Waals surface area contributed by atoms with E-state index in [9.17, 15) is 14.4 Å². The van der Waals surface area contributed by atoms with Crippen molar-refractivity contribution in [3.63, 3.8) is 0 Å². The Morgan fingerprint density at radius 3 is 2.54 bits per heavy atom. The predicted octanol–water partition coefficient (Wildman–Crippen LogP) is 0.529. The lowest BCUT2D eigenvalue weighted by Crippen LogP contribution is -2.49. The summed E-state index contributed by atoms with van der Waals surface area (Å²) < 4.78 is 0. The number of likely N-dealkylation sites (tertiary alicyclic amines) is 1. The first kappa shape index (κ1) is 25.6. The molecule has 192 valence electrons. The summed E-state index contributed by atoms with van der Waals surface area (Å²) in [7, 11) is 1.56. The molecule has 35 heavy (non-hydrogen) atoms. The number of likely N-dealkylation sites (N-methyl/N-ethyl adjacent to an activating group) is 1. The molecule has 3 N–H and O–H groups in total. The fourth-order valence-electron chi connectivity index (χ4n) is 5.73. The lowest BCUT2D eigenvalue weighted by Gasteiger charge is -2.39. The number of amides is 2. The van der Waals surface area contributed by atoms with Crippen LogP contribution < -0.4 is 16.0 Å². The molecule has 9 nitrogen and oxygen atoms in total. The van der Waals surface area contributed by atoms with Crippen molar-refractivity contribution in [2.24, 2.45) is 11.7 Å². The largest absolute Gasteiger partial charge is 0.369 e. The number of benzene rings is 1. The average Bonchev–Trinajstić information content (AvgIpc) is 3.21. The van der Waals surface area contributed by atoms with Gasteiger partial charge < -0.3 is 30.5 Å². The number of aldehydes is 1. The van der Waals surface area contributed by atoms with Crippen LogP contribution in [0.25, 0.3) is 0 Å².